The molecule has 1 aromatic carbocycles. The molecule has 6 nitrogen and oxygen atoms in total. The first-order chi connectivity index (χ1) is 9.32. The van der Waals surface area contributed by atoms with E-state index >= 15 is 0 Å². The summed E-state index contributed by atoms with van der Waals surface area (Å²) in [6.45, 7) is 4.93. The largest absolute Gasteiger partial charge is 0.368 e. The lowest BCUT2D eigenvalue weighted by molar-refractivity contribution is -0.120. The third kappa shape index (κ3) is 4.08. The minimum atomic E-state index is -0.757. The van der Waals surface area contributed by atoms with Crippen molar-refractivity contribution in [3.8, 4) is 0 Å². The maximum Gasteiger partial charge on any atom is 0.254 e. The SMILES string of the molecule is CC(=O)Nc1ccccc1C(=O)N[C@@H](C(N)=O)C(C)C. The van der Waals surface area contributed by atoms with Gasteiger partial charge in [-0.25, -0.2) is 0 Å². The Labute approximate surface area is 117 Å². The van der Waals surface area contributed by atoms with Crippen LogP contribution >= 0.6 is 0 Å². The summed E-state index contributed by atoms with van der Waals surface area (Å²) < 4.78 is 0. The van der Waals surface area contributed by atoms with Gasteiger partial charge < -0.3 is 16.4 Å². The zero-order valence-electron chi connectivity index (χ0n) is 11.8. The molecule has 0 radical (unpaired) electrons. The first-order valence-electron chi connectivity index (χ1n) is 6.29. The topological polar surface area (TPSA) is 101 Å². The van der Waals surface area contributed by atoms with Gasteiger partial charge in [0, 0.05) is 6.92 Å². The molecule has 0 heterocycles. The molecule has 0 fully saturated rings. The van der Waals surface area contributed by atoms with Crippen LogP contribution in [0.25, 0.3) is 0 Å². The van der Waals surface area contributed by atoms with Gasteiger partial charge in [-0.2, -0.15) is 0 Å². The summed E-state index contributed by atoms with van der Waals surface area (Å²) >= 11 is 0. The fourth-order valence-corrected chi connectivity index (χ4v) is 1.77. The number of anilines is 1. The number of carbonyl (C=O) groups is 3. The number of benzene rings is 1. The highest BCUT2D eigenvalue weighted by molar-refractivity contribution is 6.04. The van der Waals surface area contributed by atoms with E-state index in [2.05, 4.69) is 10.6 Å². The van der Waals surface area contributed by atoms with Crippen LogP contribution < -0.4 is 16.4 Å². The lowest BCUT2D eigenvalue weighted by Gasteiger charge is -2.19. The van der Waals surface area contributed by atoms with Crippen LogP contribution in [0, 0.1) is 5.92 Å². The molecule has 0 aliphatic heterocycles. The van der Waals surface area contributed by atoms with E-state index in [-0.39, 0.29) is 17.4 Å². The molecule has 6 heteroatoms. The summed E-state index contributed by atoms with van der Waals surface area (Å²) in [6, 6.07) is 5.81. The molecule has 0 unspecified atom stereocenters. The zero-order chi connectivity index (χ0) is 15.3. The Morgan fingerprint density at radius 1 is 1.15 bits per heavy atom. The quantitative estimate of drug-likeness (QED) is 0.744. The van der Waals surface area contributed by atoms with E-state index in [4.69, 9.17) is 5.73 Å². The zero-order valence-corrected chi connectivity index (χ0v) is 11.8. The molecule has 0 spiro atoms. The highest BCUT2D eigenvalue weighted by Gasteiger charge is 2.23. The molecule has 108 valence electrons. The number of amides is 3. The van der Waals surface area contributed by atoms with Crippen LogP contribution in [0.15, 0.2) is 24.3 Å². The second-order valence-electron chi connectivity index (χ2n) is 4.82. The van der Waals surface area contributed by atoms with E-state index in [1.807, 2.05) is 0 Å². The van der Waals surface area contributed by atoms with Gasteiger partial charge in [0.1, 0.15) is 6.04 Å². The van der Waals surface area contributed by atoms with E-state index in [1.165, 1.54) is 6.92 Å². The van der Waals surface area contributed by atoms with Gasteiger partial charge >= 0.3 is 0 Å². The van der Waals surface area contributed by atoms with Gasteiger partial charge in [-0.15, -0.1) is 0 Å². The van der Waals surface area contributed by atoms with Crippen molar-refractivity contribution >= 4 is 23.4 Å². The summed E-state index contributed by atoms with van der Waals surface area (Å²) in [5.41, 5.74) is 5.94. The average molecular weight is 277 g/mol. The minimum Gasteiger partial charge on any atom is -0.368 e. The molecule has 0 bridgehead atoms. The summed E-state index contributed by atoms with van der Waals surface area (Å²) in [7, 11) is 0. The van der Waals surface area contributed by atoms with E-state index in [1.54, 1.807) is 38.1 Å². The van der Waals surface area contributed by atoms with Crippen LogP contribution in [0.3, 0.4) is 0 Å². The summed E-state index contributed by atoms with van der Waals surface area (Å²) in [5.74, 6) is -1.44. The molecule has 1 atom stereocenters. The third-order valence-electron chi connectivity index (χ3n) is 2.74. The maximum absolute atomic E-state index is 12.2. The number of hydrogen-bond acceptors (Lipinski definition) is 3. The van der Waals surface area contributed by atoms with E-state index < -0.39 is 17.9 Å². The average Bonchev–Trinajstić information content (AvgIpc) is 2.34. The molecule has 3 amide bonds. The van der Waals surface area contributed by atoms with E-state index in [9.17, 15) is 14.4 Å². The van der Waals surface area contributed by atoms with E-state index in [0.29, 0.717) is 5.69 Å². The van der Waals surface area contributed by atoms with Crippen molar-refractivity contribution in [2.45, 2.75) is 26.8 Å². The highest BCUT2D eigenvalue weighted by Crippen LogP contribution is 2.15. The van der Waals surface area contributed by atoms with Crippen molar-refractivity contribution in [3.63, 3.8) is 0 Å². The second kappa shape index (κ2) is 6.70. The molecule has 0 saturated carbocycles. The summed E-state index contributed by atoms with van der Waals surface area (Å²) in [4.78, 5) is 34.6. The molecular formula is C14H19N3O3. The number of hydrogen-bond donors (Lipinski definition) is 3. The summed E-state index contributed by atoms with van der Waals surface area (Å²) in [5, 5.41) is 5.15. The van der Waals surface area contributed by atoms with E-state index in [0.717, 1.165) is 0 Å². The van der Waals surface area contributed by atoms with Crippen molar-refractivity contribution < 1.29 is 14.4 Å². The van der Waals surface area contributed by atoms with Gasteiger partial charge in [-0.1, -0.05) is 26.0 Å². The van der Waals surface area contributed by atoms with Gasteiger partial charge in [0.05, 0.1) is 11.3 Å². The van der Waals surface area contributed by atoms with Crippen LogP contribution in [0.2, 0.25) is 0 Å². The fraction of sp³-hybridized carbons (Fsp3) is 0.357. The molecule has 0 aromatic heterocycles. The lowest BCUT2D eigenvalue weighted by Crippen LogP contribution is -2.47. The van der Waals surface area contributed by atoms with Gasteiger partial charge in [-0.05, 0) is 18.1 Å². The van der Waals surface area contributed by atoms with Gasteiger partial charge in [0.15, 0.2) is 0 Å². The molecule has 0 aliphatic rings. The Morgan fingerprint density at radius 2 is 1.75 bits per heavy atom. The molecule has 0 saturated heterocycles. The van der Waals surface area contributed by atoms with Gasteiger partial charge in [0.2, 0.25) is 11.8 Å². The monoisotopic (exact) mass is 277 g/mol. The lowest BCUT2D eigenvalue weighted by atomic mass is 10.0. The highest BCUT2D eigenvalue weighted by atomic mass is 16.2. The van der Waals surface area contributed by atoms with Crippen LogP contribution in [-0.4, -0.2) is 23.8 Å². The number of rotatable bonds is 5. The molecule has 0 aliphatic carbocycles. The first-order valence-corrected chi connectivity index (χ1v) is 6.29. The Hall–Kier alpha value is -2.37. The normalized spacial score (nSPS) is 11.8. The van der Waals surface area contributed by atoms with Crippen LogP contribution in [0.1, 0.15) is 31.1 Å². The molecule has 20 heavy (non-hydrogen) atoms. The van der Waals surface area contributed by atoms with Gasteiger partial charge in [0.25, 0.3) is 5.91 Å². The number of nitrogens with one attached hydrogen (secondary N) is 2. The Bertz CT molecular complexity index is 526. The minimum absolute atomic E-state index is 0.121. The maximum atomic E-state index is 12.2. The third-order valence-corrected chi connectivity index (χ3v) is 2.74. The Balaban J connectivity index is 2.97. The molecule has 1 rings (SSSR count). The number of carbonyl (C=O) groups excluding carboxylic acids is 3. The molecular weight excluding hydrogens is 258 g/mol. The standard InChI is InChI=1S/C14H19N3O3/c1-8(2)12(13(15)19)17-14(20)10-6-4-5-7-11(10)16-9(3)18/h4-8,12H,1-3H3,(H2,15,19)(H,16,18)(H,17,20)/t12-/m1/s1. The molecule has 4 N–H and O–H groups in total. The van der Waals surface area contributed by atoms with Crippen LogP contribution in [0.5, 0.6) is 0 Å². The van der Waals surface area contributed by atoms with Crippen molar-refractivity contribution in [2.24, 2.45) is 11.7 Å². The van der Waals surface area contributed by atoms with Gasteiger partial charge in [-0.3, -0.25) is 14.4 Å². The predicted octanol–water partition coefficient (Wildman–Crippen LogP) is 0.885. The van der Waals surface area contributed by atoms with Crippen LogP contribution in [0.4, 0.5) is 5.69 Å². The fourth-order valence-electron chi connectivity index (χ4n) is 1.77. The van der Waals surface area contributed by atoms with Crippen molar-refractivity contribution in [3.05, 3.63) is 29.8 Å². The second-order valence-corrected chi connectivity index (χ2v) is 4.82. The Morgan fingerprint density at radius 3 is 2.25 bits per heavy atom. The summed E-state index contributed by atoms with van der Waals surface area (Å²) in [6.07, 6.45) is 0. The molecule has 1 aromatic rings. The predicted molar refractivity (Wildman–Crippen MR) is 76.0 cm³/mol. The van der Waals surface area contributed by atoms with Crippen LogP contribution in [-0.2, 0) is 9.59 Å². The Kier molecular flexibility index (Phi) is 5.25. The van der Waals surface area contributed by atoms with Crippen molar-refractivity contribution in [1.29, 1.82) is 0 Å². The first kappa shape index (κ1) is 15.7. The number of para-hydroxylation sites is 1. The van der Waals surface area contributed by atoms with Crippen molar-refractivity contribution in [1.82, 2.24) is 5.32 Å². The van der Waals surface area contributed by atoms with Crippen molar-refractivity contribution in [2.75, 3.05) is 5.32 Å². The number of primary amides is 1. The smallest absolute Gasteiger partial charge is 0.254 e. The number of nitrogens with two attached hydrogens (primary N) is 1.